The Morgan fingerprint density at radius 1 is 1.42 bits per heavy atom. The first-order valence-electron chi connectivity index (χ1n) is 6.28. The third-order valence-electron chi connectivity index (χ3n) is 3.38. The molecule has 0 spiro atoms. The maximum Gasteiger partial charge on any atom is 0.282 e. The van der Waals surface area contributed by atoms with Crippen molar-refractivity contribution in [3.05, 3.63) is 48.3 Å². The van der Waals surface area contributed by atoms with Gasteiger partial charge in [-0.25, -0.2) is 4.39 Å². The van der Waals surface area contributed by atoms with Crippen molar-refractivity contribution >= 4 is 5.91 Å². The lowest BCUT2D eigenvalue weighted by molar-refractivity contribution is -0.159. The minimum absolute atomic E-state index is 0.317. The van der Waals surface area contributed by atoms with Crippen molar-refractivity contribution in [2.45, 2.75) is 25.5 Å². The number of hydrogen-bond acceptors (Lipinski definition) is 2. The molecule has 0 radical (unpaired) electrons. The molecule has 1 aliphatic heterocycles. The van der Waals surface area contributed by atoms with E-state index in [9.17, 15) is 9.18 Å². The van der Waals surface area contributed by atoms with Gasteiger partial charge in [0, 0.05) is 6.54 Å². The van der Waals surface area contributed by atoms with Gasteiger partial charge >= 0.3 is 0 Å². The lowest BCUT2D eigenvalue weighted by atomic mass is 9.88. The first-order valence-corrected chi connectivity index (χ1v) is 6.28. The SMILES string of the molecule is C=C(F)C(=O)N1CCOC(C)(C)C1c1ccccc1. The molecule has 1 aromatic carbocycles. The Morgan fingerprint density at radius 2 is 2.05 bits per heavy atom. The molecule has 0 aliphatic carbocycles. The number of hydrogen-bond donors (Lipinski definition) is 0. The average molecular weight is 263 g/mol. The second-order valence-electron chi connectivity index (χ2n) is 5.17. The molecular weight excluding hydrogens is 245 g/mol. The van der Waals surface area contributed by atoms with Crippen LogP contribution in [0.5, 0.6) is 0 Å². The smallest absolute Gasteiger partial charge is 0.282 e. The minimum atomic E-state index is -0.932. The standard InChI is InChI=1S/C15H18FNO2/c1-11(16)14(18)17-9-10-19-15(2,3)13(17)12-7-5-4-6-8-12/h4-8,13H,1,9-10H2,2-3H3. The summed E-state index contributed by atoms with van der Waals surface area (Å²) >= 11 is 0. The molecule has 0 bridgehead atoms. The molecule has 0 N–H and O–H groups in total. The van der Waals surface area contributed by atoms with Crippen LogP contribution < -0.4 is 0 Å². The maximum absolute atomic E-state index is 13.2. The van der Waals surface area contributed by atoms with Crippen molar-refractivity contribution < 1.29 is 13.9 Å². The zero-order chi connectivity index (χ0) is 14.0. The molecule has 1 heterocycles. The zero-order valence-electron chi connectivity index (χ0n) is 11.2. The van der Waals surface area contributed by atoms with Crippen molar-refractivity contribution in [3.8, 4) is 0 Å². The Balaban J connectivity index is 2.41. The molecule has 1 amide bonds. The fourth-order valence-electron chi connectivity index (χ4n) is 2.58. The van der Waals surface area contributed by atoms with E-state index in [0.717, 1.165) is 5.56 Å². The van der Waals surface area contributed by atoms with Crippen LogP contribution in [0.2, 0.25) is 0 Å². The van der Waals surface area contributed by atoms with E-state index in [1.165, 1.54) is 4.90 Å². The van der Waals surface area contributed by atoms with E-state index in [-0.39, 0.29) is 6.04 Å². The molecule has 102 valence electrons. The number of halogens is 1. The van der Waals surface area contributed by atoms with Crippen LogP contribution in [-0.4, -0.2) is 29.6 Å². The molecule has 1 fully saturated rings. The summed E-state index contributed by atoms with van der Waals surface area (Å²) in [7, 11) is 0. The van der Waals surface area contributed by atoms with Crippen LogP contribution >= 0.6 is 0 Å². The van der Waals surface area contributed by atoms with E-state index in [1.807, 2.05) is 44.2 Å². The van der Waals surface area contributed by atoms with Crippen LogP contribution in [0.25, 0.3) is 0 Å². The van der Waals surface area contributed by atoms with Crippen molar-refractivity contribution in [1.29, 1.82) is 0 Å². The molecule has 1 saturated heterocycles. The summed E-state index contributed by atoms with van der Waals surface area (Å²) < 4.78 is 18.9. The summed E-state index contributed by atoms with van der Waals surface area (Å²) in [5.41, 5.74) is 0.367. The van der Waals surface area contributed by atoms with Gasteiger partial charge in [0.25, 0.3) is 5.91 Å². The highest BCUT2D eigenvalue weighted by Crippen LogP contribution is 2.37. The molecule has 19 heavy (non-hydrogen) atoms. The Bertz CT molecular complexity index is 484. The molecule has 1 unspecified atom stereocenters. The van der Waals surface area contributed by atoms with Gasteiger partial charge in [-0.3, -0.25) is 4.79 Å². The number of benzene rings is 1. The summed E-state index contributed by atoms with van der Waals surface area (Å²) in [6.45, 7) is 7.69. The fourth-order valence-corrected chi connectivity index (χ4v) is 2.58. The molecule has 4 heteroatoms. The van der Waals surface area contributed by atoms with Gasteiger partial charge in [-0.2, -0.15) is 0 Å². The van der Waals surface area contributed by atoms with Crippen molar-refractivity contribution in [1.82, 2.24) is 4.90 Å². The Hall–Kier alpha value is -1.68. The average Bonchev–Trinajstić information content (AvgIpc) is 2.37. The summed E-state index contributed by atoms with van der Waals surface area (Å²) in [5, 5.41) is 0. The summed E-state index contributed by atoms with van der Waals surface area (Å²) in [6.07, 6.45) is 0. The van der Waals surface area contributed by atoms with Crippen LogP contribution in [0.1, 0.15) is 25.5 Å². The van der Waals surface area contributed by atoms with Crippen molar-refractivity contribution in [3.63, 3.8) is 0 Å². The summed E-state index contributed by atoms with van der Waals surface area (Å²) in [5.74, 6) is -1.59. The highest BCUT2D eigenvalue weighted by Gasteiger charge is 2.42. The van der Waals surface area contributed by atoms with E-state index in [4.69, 9.17) is 4.74 Å². The molecule has 0 saturated carbocycles. The summed E-state index contributed by atoms with van der Waals surface area (Å²) in [6, 6.07) is 9.22. The second-order valence-corrected chi connectivity index (χ2v) is 5.17. The third-order valence-corrected chi connectivity index (χ3v) is 3.38. The molecule has 0 aromatic heterocycles. The largest absolute Gasteiger partial charge is 0.371 e. The van der Waals surface area contributed by atoms with E-state index in [2.05, 4.69) is 6.58 Å². The van der Waals surface area contributed by atoms with Gasteiger partial charge in [-0.15, -0.1) is 0 Å². The van der Waals surface area contributed by atoms with E-state index in [0.29, 0.717) is 13.2 Å². The Kier molecular flexibility index (Phi) is 3.71. The second kappa shape index (κ2) is 5.13. The number of nitrogens with zero attached hydrogens (tertiary/aromatic N) is 1. The number of carbonyl (C=O) groups is 1. The quantitative estimate of drug-likeness (QED) is 0.768. The molecule has 1 aromatic rings. The molecule has 2 rings (SSSR count). The Morgan fingerprint density at radius 3 is 2.63 bits per heavy atom. The van der Waals surface area contributed by atoms with Crippen LogP contribution in [0.15, 0.2) is 42.7 Å². The van der Waals surface area contributed by atoms with E-state index in [1.54, 1.807) is 0 Å². The number of ether oxygens (including phenoxy) is 1. The first kappa shape index (κ1) is 13.7. The van der Waals surface area contributed by atoms with Gasteiger partial charge in [0.15, 0.2) is 5.83 Å². The number of amides is 1. The number of carbonyl (C=O) groups excluding carboxylic acids is 1. The predicted molar refractivity (Wildman–Crippen MR) is 71.2 cm³/mol. The predicted octanol–water partition coefficient (Wildman–Crippen LogP) is 2.85. The topological polar surface area (TPSA) is 29.5 Å². The molecule has 1 aliphatic rings. The lowest BCUT2D eigenvalue weighted by Gasteiger charge is -2.46. The van der Waals surface area contributed by atoms with Gasteiger partial charge in [0.2, 0.25) is 0 Å². The van der Waals surface area contributed by atoms with Crippen LogP contribution in [0.3, 0.4) is 0 Å². The number of morpholine rings is 1. The van der Waals surface area contributed by atoms with Gasteiger partial charge in [0.1, 0.15) is 0 Å². The van der Waals surface area contributed by atoms with Crippen LogP contribution in [0, 0.1) is 0 Å². The van der Waals surface area contributed by atoms with E-state index >= 15 is 0 Å². The highest BCUT2D eigenvalue weighted by atomic mass is 19.1. The van der Waals surface area contributed by atoms with Crippen LogP contribution in [0.4, 0.5) is 4.39 Å². The van der Waals surface area contributed by atoms with Gasteiger partial charge in [0.05, 0.1) is 18.2 Å². The van der Waals surface area contributed by atoms with E-state index < -0.39 is 17.3 Å². The monoisotopic (exact) mass is 263 g/mol. The van der Waals surface area contributed by atoms with Crippen molar-refractivity contribution in [2.75, 3.05) is 13.2 Å². The molecule has 3 nitrogen and oxygen atoms in total. The van der Waals surface area contributed by atoms with Gasteiger partial charge < -0.3 is 9.64 Å². The molecule has 1 atom stereocenters. The van der Waals surface area contributed by atoms with Crippen molar-refractivity contribution in [2.24, 2.45) is 0 Å². The highest BCUT2D eigenvalue weighted by molar-refractivity contribution is 5.91. The number of rotatable bonds is 2. The van der Waals surface area contributed by atoms with Gasteiger partial charge in [-0.05, 0) is 19.4 Å². The zero-order valence-corrected chi connectivity index (χ0v) is 11.2. The van der Waals surface area contributed by atoms with Gasteiger partial charge in [-0.1, -0.05) is 36.9 Å². The van der Waals surface area contributed by atoms with Crippen LogP contribution in [-0.2, 0) is 9.53 Å². The Labute approximate surface area is 112 Å². The third kappa shape index (κ3) is 2.68. The summed E-state index contributed by atoms with van der Waals surface area (Å²) in [4.78, 5) is 13.5. The minimum Gasteiger partial charge on any atom is -0.371 e. The lowest BCUT2D eigenvalue weighted by Crippen LogP contribution is -2.53. The molecular formula is C15H18FNO2. The fraction of sp³-hybridized carbons (Fsp3) is 0.400. The maximum atomic E-state index is 13.2. The first-order chi connectivity index (χ1) is 8.93. The normalized spacial score (nSPS) is 22.1.